The molecule has 1 fully saturated rings. The molecule has 2 rings (SSSR count). The molecule has 124 valence electrons. The topological polar surface area (TPSA) is 41.9 Å². The number of aliphatic hydroxyl groups excluding tert-OH is 1. The molecule has 1 aromatic carbocycles. The van der Waals surface area contributed by atoms with Crippen molar-refractivity contribution in [1.82, 2.24) is 4.90 Å². The maximum absolute atomic E-state index is 13.2. The molecule has 22 heavy (non-hydrogen) atoms. The minimum atomic E-state index is -0.531. The normalized spacial score (nSPS) is 17.8. The summed E-state index contributed by atoms with van der Waals surface area (Å²) < 4.78 is 24.2. The van der Waals surface area contributed by atoms with Crippen LogP contribution in [0.2, 0.25) is 0 Å². The van der Waals surface area contributed by atoms with Gasteiger partial charge in [-0.25, -0.2) is 4.39 Å². The minimum Gasteiger partial charge on any atom is -0.389 e. The number of aliphatic hydroxyl groups is 1. The molecule has 1 aliphatic rings. The van der Waals surface area contributed by atoms with E-state index in [1.807, 2.05) is 13.0 Å². The van der Waals surface area contributed by atoms with Crippen LogP contribution in [0.5, 0.6) is 0 Å². The molecule has 0 aromatic heterocycles. The molecule has 0 aliphatic carbocycles. The zero-order valence-electron chi connectivity index (χ0n) is 13.2. The predicted octanol–water partition coefficient (Wildman–Crippen LogP) is 2.20. The van der Waals surface area contributed by atoms with Gasteiger partial charge >= 0.3 is 0 Å². The van der Waals surface area contributed by atoms with Gasteiger partial charge in [0.1, 0.15) is 5.82 Å². The molecule has 0 spiro atoms. The van der Waals surface area contributed by atoms with Crippen LogP contribution in [0.15, 0.2) is 24.3 Å². The van der Waals surface area contributed by atoms with Gasteiger partial charge < -0.3 is 14.6 Å². The van der Waals surface area contributed by atoms with Crippen LogP contribution in [-0.4, -0.2) is 55.1 Å². The van der Waals surface area contributed by atoms with Gasteiger partial charge in [0.25, 0.3) is 0 Å². The summed E-state index contributed by atoms with van der Waals surface area (Å²) in [6.45, 7) is 5.79. The average molecular weight is 311 g/mol. The SMILES string of the molecule is CCN(Cc1cccc(F)c1)CC(O)COC1CCOCC1. The van der Waals surface area contributed by atoms with Crippen LogP contribution in [0.3, 0.4) is 0 Å². The fraction of sp³-hybridized carbons (Fsp3) is 0.647. The number of halogens is 1. The van der Waals surface area contributed by atoms with E-state index < -0.39 is 6.10 Å². The summed E-state index contributed by atoms with van der Waals surface area (Å²) in [5.74, 6) is -0.225. The van der Waals surface area contributed by atoms with Gasteiger partial charge in [-0.1, -0.05) is 19.1 Å². The highest BCUT2D eigenvalue weighted by Crippen LogP contribution is 2.12. The van der Waals surface area contributed by atoms with Gasteiger partial charge in [0.2, 0.25) is 0 Å². The second kappa shape index (κ2) is 9.20. The highest BCUT2D eigenvalue weighted by molar-refractivity contribution is 5.16. The van der Waals surface area contributed by atoms with E-state index >= 15 is 0 Å². The fourth-order valence-corrected chi connectivity index (χ4v) is 2.64. The standard InChI is InChI=1S/C17H26FNO3/c1-2-19(11-14-4-3-5-15(18)10-14)12-16(20)13-22-17-6-8-21-9-7-17/h3-5,10,16-17,20H,2,6-9,11-13H2,1H3. The van der Waals surface area contributed by atoms with E-state index in [-0.39, 0.29) is 11.9 Å². The molecule has 1 unspecified atom stereocenters. The van der Waals surface area contributed by atoms with Crippen molar-refractivity contribution in [2.24, 2.45) is 0 Å². The van der Waals surface area contributed by atoms with Crippen LogP contribution < -0.4 is 0 Å². The van der Waals surface area contributed by atoms with E-state index in [0.29, 0.717) is 19.7 Å². The second-order valence-electron chi connectivity index (χ2n) is 5.76. The number of ether oxygens (including phenoxy) is 2. The van der Waals surface area contributed by atoms with E-state index in [9.17, 15) is 9.50 Å². The zero-order valence-corrected chi connectivity index (χ0v) is 13.2. The molecule has 1 atom stereocenters. The number of rotatable bonds is 8. The van der Waals surface area contributed by atoms with Crippen LogP contribution in [0.1, 0.15) is 25.3 Å². The molecule has 0 radical (unpaired) electrons. The number of likely N-dealkylation sites (N-methyl/N-ethyl adjacent to an activating group) is 1. The Hall–Kier alpha value is -1.01. The van der Waals surface area contributed by atoms with Gasteiger partial charge in [-0.3, -0.25) is 4.90 Å². The van der Waals surface area contributed by atoms with Gasteiger partial charge in [0, 0.05) is 26.3 Å². The second-order valence-corrected chi connectivity index (χ2v) is 5.76. The summed E-state index contributed by atoms with van der Waals surface area (Å²) in [6, 6.07) is 6.59. The summed E-state index contributed by atoms with van der Waals surface area (Å²) >= 11 is 0. The molecule has 0 bridgehead atoms. The Morgan fingerprint density at radius 1 is 1.41 bits per heavy atom. The number of nitrogens with zero attached hydrogens (tertiary/aromatic N) is 1. The lowest BCUT2D eigenvalue weighted by molar-refractivity contribution is -0.0642. The van der Waals surface area contributed by atoms with Crippen molar-refractivity contribution in [3.63, 3.8) is 0 Å². The molecule has 5 heteroatoms. The monoisotopic (exact) mass is 311 g/mol. The maximum Gasteiger partial charge on any atom is 0.123 e. The highest BCUT2D eigenvalue weighted by Gasteiger charge is 2.17. The first-order valence-corrected chi connectivity index (χ1v) is 8.01. The molecule has 1 aliphatic heterocycles. The minimum absolute atomic E-state index is 0.196. The Morgan fingerprint density at radius 3 is 2.86 bits per heavy atom. The van der Waals surface area contributed by atoms with Crippen molar-refractivity contribution in [1.29, 1.82) is 0 Å². The molecule has 0 saturated carbocycles. The molecule has 4 nitrogen and oxygen atoms in total. The van der Waals surface area contributed by atoms with E-state index in [0.717, 1.165) is 38.2 Å². The van der Waals surface area contributed by atoms with Crippen molar-refractivity contribution >= 4 is 0 Å². The molecular formula is C17H26FNO3. The Morgan fingerprint density at radius 2 is 2.18 bits per heavy atom. The number of benzene rings is 1. The maximum atomic E-state index is 13.2. The van der Waals surface area contributed by atoms with Gasteiger partial charge in [0.05, 0.1) is 18.8 Å². The lowest BCUT2D eigenvalue weighted by Gasteiger charge is -2.26. The first kappa shape index (κ1) is 17.3. The van der Waals surface area contributed by atoms with Crippen LogP contribution in [0, 0.1) is 5.82 Å². The summed E-state index contributed by atoms with van der Waals surface area (Å²) in [7, 11) is 0. The third-order valence-corrected chi connectivity index (χ3v) is 3.90. The van der Waals surface area contributed by atoms with Gasteiger partial charge in [-0.05, 0) is 37.1 Å². The van der Waals surface area contributed by atoms with Crippen LogP contribution in [0.25, 0.3) is 0 Å². The predicted molar refractivity (Wildman–Crippen MR) is 83.2 cm³/mol. The number of hydrogen-bond acceptors (Lipinski definition) is 4. The van der Waals surface area contributed by atoms with Gasteiger partial charge in [-0.2, -0.15) is 0 Å². The third kappa shape index (κ3) is 6.01. The van der Waals surface area contributed by atoms with E-state index in [2.05, 4.69) is 4.90 Å². The van der Waals surface area contributed by atoms with Gasteiger partial charge in [-0.15, -0.1) is 0 Å². The fourth-order valence-electron chi connectivity index (χ4n) is 2.64. The van der Waals surface area contributed by atoms with Crippen LogP contribution in [-0.2, 0) is 16.0 Å². The lowest BCUT2D eigenvalue weighted by Crippen LogP contribution is -2.36. The van der Waals surface area contributed by atoms with Crippen molar-refractivity contribution in [3.8, 4) is 0 Å². The van der Waals surface area contributed by atoms with Crippen LogP contribution in [0.4, 0.5) is 4.39 Å². The van der Waals surface area contributed by atoms with Crippen molar-refractivity contribution in [2.45, 2.75) is 38.5 Å². The summed E-state index contributed by atoms with van der Waals surface area (Å²) in [5.41, 5.74) is 0.916. The van der Waals surface area contributed by atoms with Gasteiger partial charge in [0.15, 0.2) is 0 Å². The average Bonchev–Trinajstić information content (AvgIpc) is 2.53. The third-order valence-electron chi connectivity index (χ3n) is 3.90. The Bertz CT molecular complexity index is 438. The lowest BCUT2D eigenvalue weighted by atomic mass is 10.1. The first-order valence-electron chi connectivity index (χ1n) is 8.01. The highest BCUT2D eigenvalue weighted by atomic mass is 19.1. The summed E-state index contributed by atoms with van der Waals surface area (Å²) in [4.78, 5) is 2.09. The van der Waals surface area contributed by atoms with Crippen molar-refractivity contribution in [3.05, 3.63) is 35.6 Å². The molecule has 1 saturated heterocycles. The number of hydrogen-bond donors (Lipinski definition) is 1. The summed E-state index contributed by atoms with van der Waals surface area (Å²) in [6.07, 6.45) is 1.46. The summed E-state index contributed by atoms with van der Waals surface area (Å²) in [5, 5.41) is 10.1. The van der Waals surface area contributed by atoms with Crippen molar-refractivity contribution in [2.75, 3.05) is 32.9 Å². The quantitative estimate of drug-likeness (QED) is 0.799. The molecule has 1 N–H and O–H groups in total. The van der Waals surface area contributed by atoms with E-state index in [4.69, 9.17) is 9.47 Å². The molecule has 1 heterocycles. The first-order chi connectivity index (χ1) is 10.7. The zero-order chi connectivity index (χ0) is 15.8. The van der Waals surface area contributed by atoms with Crippen LogP contribution >= 0.6 is 0 Å². The molecule has 0 amide bonds. The molecular weight excluding hydrogens is 285 g/mol. The smallest absolute Gasteiger partial charge is 0.123 e. The Labute approximate surface area is 131 Å². The van der Waals surface area contributed by atoms with Crippen molar-refractivity contribution < 1.29 is 19.0 Å². The van der Waals surface area contributed by atoms with E-state index in [1.165, 1.54) is 12.1 Å². The Balaban J connectivity index is 1.74. The molecule has 1 aromatic rings. The van der Waals surface area contributed by atoms with E-state index in [1.54, 1.807) is 6.07 Å². The Kier molecular flexibility index (Phi) is 7.25. The largest absolute Gasteiger partial charge is 0.389 e.